The van der Waals surface area contributed by atoms with Gasteiger partial charge in [0.2, 0.25) is 0 Å². The highest BCUT2D eigenvalue weighted by Crippen LogP contribution is 2.28. The lowest BCUT2D eigenvalue weighted by Gasteiger charge is -2.20. The van der Waals surface area contributed by atoms with Crippen molar-refractivity contribution in [3.05, 3.63) is 63.3 Å². The van der Waals surface area contributed by atoms with Crippen molar-refractivity contribution >= 4 is 27.5 Å². The van der Waals surface area contributed by atoms with Crippen LogP contribution in [0.1, 0.15) is 30.5 Å². The molecule has 1 N–H and O–H groups in total. The Morgan fingerprint density at radius 1 is 1.35 bits per heavy atom. The van der Waals surface area contributed by atoms with E-state index in [1.807, 2.05) is 24.4 Å². The highest BCUT2D eigenvalue weighted by Gasteiger charge is 2.15. The molecule has 0 radical (unpaired) electrons. The topological polar surface area (TPSA) is 24.9 Å². The molecule has 1 unspecified atom stereocenters. The lowest BCUT2D eigenvalue weighted by Crippen LogP contribution is -2.24. The van der Waals surface area contributed by atoms with Crippen LogP contribution in [0.5, 0.6) is 0 Å². The van der Waals surface area contributed by atoms with Crippen LogP contribution < -0.4 is 5.32 Å². The zero-order valence-corrected chi connectivity index (χ0v) is 13.8. The molecule has 1 atom stereocenters. The number of halogens is 2. The standard InChI is InChI=1S/C16H18BrClN2/c1-2-7-20-16(9-12-4-3-8-19-11-12)14-6-5-13(17)10-15(14)18/h3-6,8,10-11,16,20H,2,7,9H2,1H3. The maximum atomic E-state index is 6.38. The largest absolute Gasteiger partial charge is 0.310 e. The van der Waals surface area contributed by atoms with Crippen molar-refractivity contribution in [3.63, 3.8) is 0 Å². The predicted molar refractivity (Wildman–Crippen MR) is 88.1 cm³/mol. The third-order valence-corrected chi connectivity index (χ3v) is 3.96. The van der Waals surface area contributed by atoms with Gasteiger partial charge in [0.05, 0.1) is 0 Å². The molecule has 1 aromatic heterocycles. The first-order valence-electron chi connectivity index (χ1n) is 6.78. The molecule has 0 bridgehead atoms. The van der Waals surface area contributed by atoms with Crippen LogP contribution in [0.15, 0.2) is 47.2 Å². The van der Waals surface area contributed by atoms with Crippen molar-refractivity contribution in [3.8, 4) is 0 Å². The number of pyridine rings is 1. The second kappa shape index (κ2) is 7.77. The maximum Gasteiger partial charge on any atom is 0.0465 e. The second-order valence-corrected chi connectivity index (χ2v) is 6.06. The first-order chi connectivity index (χ1) is 9.70. The van der Waals surface area contributed by atoms with E-state index < -0.39 is 0 Å². The molecule has 1 heterocycles. The fourth-order valence-corrected chi connectivity index (χ4v) is 2.95. The van der Waals surface area contributed by atoms with Crippen LogP contribution in [-0.4, -0.2) is 11.5 Å². The quantitative estimate of drug-likeness (QED) is 0.808. The molecule has 0 amide bonds. The summed E-state index contributed by atoms with van der Waals surface area (Å²) in [5.41, 5.74) is 2.34. The summed E-state index contributed by atoms with van der Waals surface area (Å²) >= 11 is 9.83. The van der Waals surface area contributed by atoms with Gasteiger partial charge in [0.25, 0.3) is 0 Å². The summed E-state index contributed by atoms with van der Waals surface area (Å²) in [4.78, 5) is 4.18. The third kappa shape index (κ3) is 4.30. The fraction of sp³-hybridized carbons (Fsp3) is 0.312. The monoisotopic (exact) mass is 352 g/mol. The molecule has 106 valence electrons. The smallest absolute Gasteiger partial charge is 0.0465 e. The summed E-state index contributed by atoms with van der Waals surface area (Å²) in [5, 5.41) is 4.36. The first-order valence-corrected chi connectivity index (χ1v) is 7.95. The third-order valence-electron chi connectivity index (χ3n) is 3.14. The van der Waals surface area contributed by atoms with E-state index in [1.165, 1.54) is 5.56 Å². The summed E-state index contributed by atoms with van der Waals surface area (Å²) in [6.45, 7) is 3.13. The molecule has 20 heavy (non-hydrogen) atoms. The molecule has 0 aliphatic rings. The lowest BCUT2D eigenvalue weighted by molar-refractivity contribution is 0.529. The van der Waals surface area contributed by atoms with Crippen LogP contribution in [-0.2, 0) is 6.42 Å². The van der Waals surface area contributed by atoms with Crippen LogP contribution >= 0.6 is 27.5 Å². The summed E-state index contributed by atoms with van der Waals surface area (Å²) in [6.07, 6.45) is 5.69. The summed E-state index contributed by atoms with van der Waals surface area (Å²) in [7, 11) is 0. The summed E-state index contributed by atoms with van der Waals surface area (Å²) in [6, 6.07) is 10.3. The number of nitrogens with zero attached hydrogens (tertiary/aromatic N) is 1. The first kappa shape index (κ1) is 15.5. The van der Waals surface area contributed by atoms with Crippen LogP contribution in [0.25, 0.3) is 0 Å². The molecule has 0 saturated carbocycles. The number of rotatable bonds is 6. The molecule has 2 nitrogen and oxygen atoms in total. The molecule has 4 heteroatoms. The fourth-order valence-electron chi connectivity index (χ4n) is 2.15. The van der Waals surface area contributed by atoms with Gasteiger partial charge < -0.3 is 5.32 Å². The molecular formula is C16H18BrClN2. The number of benzene rings is 1. The van der Waals surface area contributed by atoms with E-state index in [9.17, 15) is 0 Å². The number of aromatic nitrogens is 1. The average molecular weight is 354 g/mol. The summed E-state index contributed by atoms with van der Waals surface area (Å²) < 4.78 is 1.00. The van der Waals surface area contributed by atoms with Crippen molar-refractivity contribution in [1.29, 1.82) is 0 Å². The molecule has 0 aliphatic heterocycles. The van der Waals surface area contributed by atoms with Crippen LogP contribution in [0, 0.1) is 0 Å². The molecule has 2 aromatic rings. The molecule has 1 aromatic carbocycles. The predicted octanol–water partition coefficient (Wildman–Crippen LogP) is 4.78. The van der Waals surface area contributed by atoms with Gasteiger partial charge in [-0.25, -0.2) is 0 Å². The number of hydrogen-bond donors (Lipinski definition) is 1. The Morgan fingerprint density at radius 3 is 2.85 bits per heavy atom. The van der Waals surface area contributed by atoms with Crippen molar-refractivity contribution in [1.82, 2.24) is 10.3 Å². The Balaban J connectivity index is 2.22. The van der Waals surface area contributed by atoms with E-state index in [0.29, 0.717) is 0 Å². The normalized spacial score (nSPS) is 12.3. The van der Waals surface area contributed by atoms with Gasteiger partial charge in [-0.3, -0.25) is 4.98 Å². The minimum Gasteiger partial charge on any atom is -0.310 e. The van der Waals surface area contributed by atoms with Gasteiger partial charge in [0.1, 0.15) is 0 Å². The van der Waals surface area contributed by atoms with E-state index in [4.69, 9.17) is 11.6 Å². The van der Waals surface area contributed by atoms with Crippen LogP contribution in [0.4, 0.5) is 0 Å². The minimum absolute atomic E-state index is 0.208. The van der Waals surface area contributed by atoms with E-state index in [0.717, 1.165) is 34.4 Å². The molecule has 2 rings (SSSR count). The molecular weight excluding hydrogens is 336 g/mol. The van der Waals surface area contributed by atoms with Crippen molar-refractivity contribution in [2.45, 2.75) is 25.8 Å². The van der Waals surface area contributed by atoms with Gasteiger partial charge in [-0.15, -0.1) is 0 Å². The molecule has 0 fully saturated rings. The van der Waals surface area contributed by atoms with Gasteiger partial charge in [-0.1, -0.05) is 46.6 Å². The highest BCUT2D eigenvalue weighted by molar-refractivity contribution is 9.10. The van der Waals surface area contributed by atoms with Crippen LogP contribution in [0.2, 0.25) is 5.02 Å². The van der Waals surface area contributed by atoms with E-state index in [1.54, 1.807) is 6.20 Å². The van der Waals surface area contributed by atoms with E-state index in [2.05, 4.69) is 45.3 Å². The number of hydrogen-bond acceptors (Lipinski definition) is 2. The van der Waals surface area contributed by atoms with Gasteiger partial charge in [0.15, 0.2) is 0 Å². The van der Waals surface area contributed by atoms with Gasteiger partial charge in [-0.2, -0.15) is 0 Å². The number of nitrogens with one attached hydrogen (secondary N) is 1. The maximum absolute atomic E-state index is 6.38. The zero-order chi connectivity index (χ0) is 14.4. The van der Waals surface area contributed by atoms with Gasteiger partial charge >= 0.3 is 0 Å². The van der Waals surface area contributed by atoms with Crippen LogP contribution in [0.3, 0.4) is 0 Å². The summed E-state index contributed by atoms with van der Waals surface area (Å²) in [5.74, 6) is 0. The van der Waals surface area contributed by atoms with Crippen molar-refractivity contribution < 1.29 is 0 Å². The average Bonchev–Trinajstić information content (AvgIpc) is 2.45. The SMILES string of the molecule is CCCNC(Cc1cccnc1)c1ccc(Br)cc1Cl. The molecule has 0 aliphatic carbocycles. The Labute approximate surface area is 133 Å². The van der Waals surface area contributed by atoms with Crippen molar-refractivity contribution in [2.24, 2.45) is 0 Å². The Morgan fingerprint density at radius 2 is 2.20 bits per heavy atom. The Hall–Kier alpha value is -0.900. The van der Waals surface area contributed by atoms with Crippen molar-refractivity contribution in [2.75, 3.05) is 6.54 Å². The van der Waals surface area contributed by atoms with Gasteiger partial charge in [0, 0.05) is 27.9 Å². The minimum atomic E-state index is 0.208. The zero-order valence-electron chi connectivity index (χ0n) is 11.4. The molecule has 0 saturated heterocycles. The Bertz CT molecular complexity index is 545. The second-order valence-electron chi connectivity index (χ2n) is 4.74. The molecule has 0 spiro atoms. The van der Waals surface area contributed by atoms with E-state index >= 15 is 0 Å². The van der Waals surface area contributed by atoms with E-state index in [-0.39, 0.29) is 6.04 Å². The highest BCUT2D eigenvalue weighted by atomic mass is 79.9. The lowest BCUT2D eigenvalue weighted by atomic mass is 9.99. The van der Waals surface area contributed by atoms with Gasteiger partial charge in [-0.05, 0) is 48.7 Å². The Kier molecular flexibility index (Phi) is 6.02.